The maximum absolute atomic E-state index is 13.1. The summed E-state index contributed by atoms with van der Waals surface area (Å²) in [6, 6.07) is 3.86. The van der Waals surface area contributed by atoms with Gasteiger partial charge in [0.2, 0.25) is 26.0 Å². The van der Waals surface area contributed by atoms with Crippen molar-refractivity contribution in [3.05, 3.63) is 36.9 Å². The Morgan fingerprint density at radius 2 is 1.70 bits per heavy atom. The van der Waals surface area contributed by atoms with Crippen LogP contribution in [0.1, 0.15) is 6.42 Å². The number of nitrogens with one attached hydrogen (secondary N) is 1. The lowest BCUT2D eigenvalue weighted by molar-refractivity contribution is -0.117. The molecule has 1 amide bonds. The quantitative estimate of drug-likeness (QED) is 0.507. The molecule has 2 atom stereocenters. The molecule has 0 aliphatic carbocycles. The van der Waals surface area contributed by atoms with Crippen molar-refractivity contribution in [1.82, 2.24) is 13.9 Å². The molecule has 0 radical (unpaired) electrons. The summed E-state index contributed by atoms with van der Waals surface area (Å²) in [4.78, 5) is 11.4. The van der Waals surface area contributed by atoms with Gasteiger partial charge in [0.15, 0.2) is 0 Å². The summed E-state index contributed by atoms with van der Waals surface area (Å²) in [6.07, 6.45) is 1.36. The van der Waals surface area contributed by atoms with Gasteiger partial charge in [-0.15, -0.1) is 0 Å². The highest BCUT2D eigenvalue weighted by Crippen LogP contribution is 2.27. The van der Waals surface area contributed by atoms with Crippen molar-refractivity contribution < 1.29 is 31.5 Å². The van der Waals surface area contributed by atoms with Crippen LogP contribution in [0.4, 0.5) is 0 Å². The van der Waals surface area contributed by atoms with Gasteiger partial charge in [0, 0.05) is 25.7 Å². The van der Waals surface area contributed by atoms with Crippen LogP contribution in [-0.4, -0.2) is 88.0 Å². The minimum absolute atomic E-state index is 0.000368. The van der Waals surface area contributed by atoms with E-state index in [9.17, 15) is 26.7 Å². The molecule has 2 saturated heterocycles. The predicted octanol–water partition coefficient (Wildman–Crippen LogP) is -0.866. The van der Waals surface area contributed by atoms with Crippen molar-refractivity contribution in [2.24, 2.45) is 0 Å². The third kappa shape index (κ3) is 4.58. The first kappa shape index (κ1) is 22.8. The van der Waals surface area contributed by atoms with Crippen molar-refractivity contribution in [1.29, 1.82) is 0 Å². The molecule has 166 valence electrons. The van der Waals surface area contributed by atoms with Gasteiger partial charge in [-0.25, -0.2) is 16.8 Å². The Kier molecular flexibility index (Phi) is 6.95. The molecule has 1 aromatic rings. The Balaban J connectivity index is 1.80. The van der Waals surface area contributed by atoms with Crippen LogP contribution in [0.3, 0.4) is 0 Å². The minimum Gasteiger partial charge on any atom is -0.395 e. The number of hydrogen-bond acceptors (Lipinski definition) is 7. The molecule has 1 aromatic carbocycles. The number of nitrogens with zero attached hydrogens (tertiary/aromatic N) is 2. The number of benzene rings is 1. The lowest BCUT2D eigenvalue weighted by atomic mass is 10.2. The SMILES string of the molecule is C=CC(=O)NC1CC(CO)N(S(=O)(=O)c2ccc(S(=O)(=O)N3CCOCC3)cc2)C1. The fraction of sp³-hybridized carbons (Fsp3) is 0.500. The summed E-state index contributed by atoms with van der Waals surface area (Å²) >= 11 is 0. The number of amides is 1. The van der Waals surface area contributed by atoms with E-state index < -0.39 is 44.6 Å². The number of hydrogen-bond donors (Lipinski definition) is 2. The number of sulfonamides is 2. The van der Waals surface area contributed by atoms with E-state index in [-0.39, 0.29) is 35.8 Å². The molecule has 0 bridgehead atoms. The van der Waals surface area contributed by atoms with Crippen molar-refractivity contribution in [3.63, 3.8) is 0 Å². The highest BCUT2D eigenvalue weighted by molar-refractivity contribution is 7.89. The number of morpholine rings is 1. The van der Waals surface area contributed by atoms with Crippen molar-refractivity contribution in [3.8, 4) is 0 Å². The zero-order chi connectivity index (χ0) is 21.9. The smallest absolute Gasteiger partial charge is 0.243 e. The van der Waals surface area contributed by atoms with Crippen LogP contribution < -0.4 is 5.32 Å². The second-order valence-corrected chi connectivity index (χ2v) is 10.9. The maximum Gasteiger partial charge on any atom is 0.243 e. The minimum atomic E-state index is -3.99. The molecule has 0 spiro atoms. The first-order valence-corrected chi connectivity index (χ1v) is 12.3. The van der Waals surface area contributed by atoms with E-state index in [4.69, 9.17) is 4.74 Å². The van der Waals surface area contributed by atoms with E-state index >= 15 is 0 Å². The summed E-state index contributed by atoms with van der Waals surface area (Å²) in [5.41, 5.74) is 0. The van der Waals surface area contributed by atoms with Crippen LogP contribution in [0.2, 0.25) is 0 Å². The number of aliphatic hydroxyl groups is 1. The van der Waals surface area contributed by atoms with Gasteiger partial charge in [-0.2, -0.15) is 8.61 Å². The first-order valence-electron chi connectivity index (χ1n) is 9.43. The van der Waals surface area contributed by atoms with Crippen molar-refractivity contribution in [2.45, 2.75) is 28.3 Å². The highest BCUT2D eigenvalue weighted by atomic mass is 32.2. The van der Waals surface area contributed by atoms with E-state index in [0.717, 1.165) is 10.4 Å². The Bertz CT molecular complexity index is 987. The Labute approximate surface area is 176 Å². The van der Waals surface area contributed by atoms with Crippen LogP contribution in [0, 0.1) is 0 Å². The molecule has 2 fully saturated rings. The monoisotopic (exact) mass is 459 g/mol. The summed E-state index contributed by atoms with van der Waals surface area (Å²) in [5.74, 6) is -0.423. The summed E-state index contributed by atoms with van der Waals surface area (Å²) in [6.45, 7) is 4.08. The number of aliphatic hydroxyl groups excluding tert-OH is 1. The molecular weight excluding hydrogens is 434 g/mol. The number of rotatable bonds is 7. The van der Waals surface area contributed by atoms with E-state index in [2.05, 4.69) is 11.9 Å². The second kappa shape index (κ2) is 9.12. The van der Waals surface area contributed by atoms with Gasteiger partial charge in [0.1, 0.15) is 0 Å². The Hall–Kier alpha value is -1.83. The molecule has 2 unspecified atom stereocenters. The predicted molar refractivity (Wildman–Crippen MR) is 108 cm³/mol. The summed E-state index contributed by atoms with van der Waals surface area (Å²) in [7, 11) is -7.73. The van der Waals surface area contributed by atoms with Crippen LogP contribution in [-0.2, 0) is 29.6 Å². The van der Waals surface area contributed by atoms with Crippen LogP contribution in [0.25, 0.3) is 0 Å². The van der Waals surface area contributed by atoms with Crippen molar-refractivity contribution in [2.75, 3.05) is 39.5 Å². The van der Waals surface area contributed by atoms with E-state index in [0.29, 0.717) is 13.2 Å². The van der Waals surface area contributed by atoms with Crippen LogP contribution in [0.5, 0.6) is 0 Å². The molecule has 2 N–H and O–H groups in total. The van der Waals surface area contributed by atoms with Gasteiger partial charge in [-0.3, -0.25) is 4.79 Å². The van der Waals surface area contributed by atoms with Gasteiger partial charge in [-0.1, -0.05) is 6.58 Å². The lowest BCUT2D eigenvalue weighted by Gasteiger charge is -2.26. The molecule has 30 heavy (non-hydrogen) atoms. The molecule has 2 aliphatic heterocycles. The number of carbonyl (C=O) groups excluding carboxylic acids is 1. The fourth-order valence-corrected chi connectivity index (χ4v) is 6.65. The third-order valence-corrected chi connectivity index (χ3v) is 8.99. The zero-order valence-corrected chi connectivity index (χ0v) is 17.9. The Morgan fingerprint density at radius 3 is 2.23 bits per heavy atom. The molecule has 3 rings (SSSR count). The molecular formula is C18H25N3O7S2. The maximum atomic E-state index is 13.1. The first-order chi connectivity index (χ1) is 14.2. The zero-order valence-electron chi connectivity index (χ0n) is 16.3. The number of ether oxygens (including phenoxy) is 1. The lowest BCUT2D eigenvalue weighted by Crippen LogP contribution is -2.40. The molecule has 10 nitrogen and oxygen atoms in total. The second-order valence-electron chi connectivity index (χ2n) is 7.04. The average Bonchev–Trinajstić information content (AvgIpc) is 3.18. The molecule has 12 heteroatoms. The number of carbonyl (C=O) groups is 1. The van der Waals surface area contributed by atoms with Gasteiger partial charge in [0.05, 0.1) is 35.7 Å². The third-order valence-electron chi connectivity index (χ3n) is 5.14. The molecule has 0 aromatic heterocycles. The largest absolute Gasteiger partial charge is 0.395 e. The average molecular weight is 460 g/mol. The van der Waals surface area contributed by atoms with E-state index in [1.54, 1.807) is 0 Å². The fourth-order valence-electron chi connectivity index (χ4n) is 3.57. The van der Waals surface area contributed by atoms with Crippen LogP contribution >= 0.6 is 0 Å². The highest BCUT2D eigenvalue weighted by Gasteiger charge is 2.40. The molecule has 2 heterocycles. The summed E-state index contributed by atoms with van der Waals surface area (Å²) in [5, 5.41) is 12.3. The van der Waals surface area contributed by atoms with Gasteiger partial charge < -0.3 is 15.2 Å². The molecule has 0 saturated carbocycles. The topological polar surface area (TPSA) is 133 Å². The Morgan fingerprint density at radius 1 is 1.13 bits per heavy atom. The van der Waals surface area contributed by atoms with Crippen LogP contribution in [0.15, 0.2) is 46.7 Å². The standard InChI is InChI=1S/C18H25N3O7S2/c1-2-18(23)19-14-11-15(13-22)21(12-14)30(26,27)17-5-3-16(4-6-17)29(24,25)20-7-9-28-10-8-20/h2-6,14-15,22H,1,7-13H2,(H,19,23). The molecule has 2 aliphatic rings. The van der Waals surface area contributed by atoms with Gasteiger partial charge >= 0.3 is 0 Å². The van der Waals surface area contributed by atoms with E-state index in [1.165, 1.54) is 28.6 Å². The van der Waals surface area contributed by atoms with Gasteiger partial charge in [0.25, 0.3) is 0 Å². The van der Waals surface area contributed by atoms with E-state index in [1.807, 2.05) is 0 Å². The normalized spacial score (nSPS) is 23.9. The summed E-state index contributed by atoms with van der Waals surface area (Å²) < 4.78 is 59.2. The van der Waals surface area contributed by atoms with Gasteiger partial charge in [-0.05, 0) is 36.8 Å². The van der Waals surface area contributed by atoms with Crippen molar-refractivity contribution >= 4 is 26.0 Å².